The second kappa shape index (κ2) is 5.55. The van der Waals surface area contributed by atoms with E-state index < -0.39 is 11.9 Å². The van der Waals surface area contributed by atoms with Crippen LogP contribution in [0.3, 0.4) is 0 Å². The van der Waals surface area contributed by atoms with Gasteiger partial charge in [-0.3, -0.25) is 10.2 Å². The molecule has 0 spiro atoms. The van der Waals surface area contributed by atoms with Crippen molar-refractivity contribution in [3.8, 4) is 0 Å². The van der Waals surface area contributed by atoms with Gasteiger partial charge < -0.3 is 9.04 Å². The number of nitrogens with two attached hydrogens (primary N) is 1. The highest BCUT2D eigenvalue weighted by molar-refractivity contribution is 7.81. The zero-order chi connectivity index (χ0) is 13.0. The molecule has 0 aliphatic rings. The van der Waals surface area contributed by atoms with Crippen LogP contribution in [0.15, 0.2) is 18.2 Å². The smallest absolute Gasteiger partial charge is 0.337 e. The van der Waals surface area contributed by atoms with Crippen LogP contribution in [0.4, 0.5) is 5.69 Å². The Bertz CT molecular complexity index is 414. The van der Waals surface area contributed by atoms with E-state index in [0.29, 0.717) is 5.69 Å². The number of carbonyl (C=O) groups excluding carboxylic acids is 2. The molecule has 0 radical (unpaired) electrons. The molecule has 0 bridgehead atoms. The number of anilines is 1. The number of rotatable bonds is 3. The first kappa shape index (κ1) is 13.3. The van der Waals surface area contributed by atoms with Gasteiger partial charge in [0, 0.05) is 18.3 Å². The average molecular weight is 255 g/mol. The Morgan fingerprint density at radius 1 is 1.35 bits per heavy atom. The Morgan fingerprint density at radius 3 is 2.41 bits per heavy atom. The largest absolute Gasteiger partial charge is 0.465 e. The molecule has 92 valence electrons. The maximum Gasteiger partial charge on any atom is 0.337 e. The van der Waals surface area contributed by atoms with Gasteiger partial charge in [0.05, 0.1) is 12.7 Å². The third-order valence-corrected chi connectivity index (χ3v) is 2.34. The third-order valence-electron chi connectivity index (χ3n) is 2.11. The number of methoxy groups -OCH3 is 1. The minimum absolute atomic E-state index is 0.254. The molecule has 7 heteroatoms. The van der Waals surface area contributed by atoms with Gasteiger partial charge in [-0.05, 0) is 18.2 Å². The molecule has 0 fully saturated rings. The van der Waals surface area contributed by atoms with Gasteiger partial charge >= 0.3 is 5.97 Å². The van der Waals surface area contributed by atoms with Crippen LogP contribution in [0.5, 0.6) is 0 Å². The Kier molecular flexibility index (Phi) is 4.36. The number of hydrogen-bond donors (Lipinski definition) is 3. The number of hydrazine groups is 1. The van der Waals surface area contributed by atoms with Gasteiger partial charge in [0.15, 0.2) is 0 Å². The van der Waals surface area contributed by atoms with Crippen LogP contribution in [-0.4, -0.2) is 26.0 Å². The van der Waals surface area contributed by atoms with Crippen molar-refractivity contribution < 1.29 is 14.3 Å². The highest BCUT2D eigenvalue weighted by atomic mass is 32.1. The molecule has 0 saturated heterocycles. The van der Waals surface area contributed by atoms with E-state index in [1.807, 2.05) is 5.43 Å². The summed E-state index contributed by atoms with van der Waals surface area (Å²) >= 11 is 4.10. The van der Waals surface area contributed by atoms with Crippen molar-refractivity contribution in [3.05, 3.63) is 29.3 Å². The topological polar surface area (TPSA) is 84.7 Å². The van der Waals surface area contributed by atoms with Gasteiger partial charge in [-0.15, -0.1) is 0 Å². The summed E-state index contributed by atoms with van der Waals surface area (Å²) in [5, 5.41) is 0. The highest BCUT2D eigenvalue weighted by Gasteiger charge is 2.13. The highest BCUT2D eigenvalue weighted by Crippen LogP contribution is 2.20. The molecule has 0 aromatic heterocycles. The summed E-state index contributed by atoms with van der Waals surface area (Å²) in [6.07, 6.45) is 0. The molecule has 0 saturated carbocycles. The van der Waals surface area contributed by atoms with Gasteiger partial charge in [0.25, 0.3) is 5.91 Å². The molecule has 17 heavy (non-hydrogen) atoms. The minimum Gasteiger partial charge on any atom is -0.465 e. The van der Waals surface area contributed by atoms with Crippen molar-refractivity contribution in [3.63, 3.8) is 0 Å². The van der Waals surface area contributed by atoms with Crippen molar-refractivity contribution in [2.24, 2.45) is 5.84 Å². The Balaban J connectivity index is 3.28. The molecule has 1 aromatic rings. The maximum absolute atomic E-state index is 11.4. The van der Waals surface area contributed by atoms with E-state index in [1.165, 1.54) is 17.5 Å². The number of thiol groups is 1. The molecule has 1 aromatic carbocycles. The van der Waals surface area contributed by atoms with Crippen LogP contribution in [0.25, 0.3) is 0 Å². The lowest BCUT2D eigenvalue weighted by atomic mass is 10.1. The van der Waals surface area contributed by atoms with E-state index in [0.717, 1.165) is 0 Å². The number of ether oxygens (including phenoxy) is 1. The molecule has 3 N–H and O–H groups in total. The number of amides is 1. The first-order valence-corrected chi connectivity index (χ1v) is 5.06. The molecular formula is C10H13N3O3S. The predicted octanol–water partition coefficient (Wildman–Crippen LogP) is 0.358. The quantitative estimate of drug-likeness (QED) is 0.239. The predicted molar refractivity (Wildman–Crippen MR) is 66.8 cm³/mol. The number of esters is 1. The first-order valence-electron chi connectivity index (χ1n) is 4.66. The van der Waals surface area contributed by atoms with Crippen molar-refractivity contribution in [1.82, 2.24) is 5.43 Å². The standard InChI is InChI=1S/C10H13N3O3S/c1-13(17)8-4-6(9(14)12-11)3-7(5-8)10(15)16-2/h3-5,17H,11H2,1-2H3,(H,12,14). The van der Waals surface area contributed by atoms with Gasteiger partial charge in [-0.2, -0.15) is 0 Å². The van der Waals surface area contributed by atoms with Crippen molar-refractivity contribution >= 4 is 30.4 Å². The minimum atomic E-state index is -0.534. The number of nitrogens with zero attached hydrogens (tertiary/aromatic N) is 1. The summed E-state index contributed by atoms with van der Waals surface area (Å²) in [7, 11) is 2.94. The lowest BCUT2D eigenvalue weighted by molar-refractivity contribution is 0.0601. The maximum atomic E-state index is 11.4. The molecule has 0 aliphatic carbocycles. The zero-order valence-corrected chi connectivity index (χ0v) is 10.3. The van der Waals surface area contributed by atoms with Crippen LogP contribution < -0.4 is 15.6 Å². The summed E-state index contributed by atoms with van der Waals surface area (Å²) in [4.78, 5) is 22.8. The summed E-state index contributed by atoms with van der Waals surface area (Å²) in [6, 6.07) is 4.52. The Morgan fingerprint density at radius 2 is 1.94 bits per heavy atom. The second-order valence-corrected chi connectivity index (χ2v) is 3.86. The van der Waals surface area contributed by atoms with Crippen molar-refractivity contribution in [1.29, 1.82) is 0 Å². The monoisotopic (exact) mass is 255 g/mol. The summed E-state index contributed by atoms with van der Waals surface area (Å²) < 4.78 is 6.07. The molecule has 0 unspecified atom stereocenters. The third kappa shape index (κ3) is 3.11. The number of benzene rings is 1. The lowest BCUT2D eigenvalue weighted by Gasteiger charge is -2.13. The summed E-state index contributed by atoms with van der Waals surface area (Å²) in [5.41, 5.74) is 3.09. The van der Waals surface area contributed by atoms with Gasteiger partial charge in [0.2, 0.25) is 0 Å². The second-order valence-electron chi connectivity index (χ2n) is 3.26. The average Bonchev–Trinajstić information content (AvgIpc) is 2.36. The molecule has 0 heterocycles. The molecule has 6 nitrogen and oxygen atoms in total. The summed E-state index contributed by atoms with van der Waals surface area (Å²) in [6.45, 7) is 0. The van der Waals surface area contributed by atoms with E-state index >= 15 is 0 Å². The first-order chi connectivity index (χ1) is 7.99. The van der Waals surface area contributed by atoms with E-state index in [1.54, 1.807) is 19.2 Å². The SMILES string of the molecule is COC(=O)c1cc(C(=O)NN)cc(N(C)S)c1. The molecule has 0 atom stereocenters. The Hall–Kier alpha value is -1.73. The number of hydrogen-bond acceptors (Lipinski definition) is 6. The van der Waals surface area contributed by atoms with Crippen LogP contribution >= 0.6 is 12.8 Å². The fourth-order valence-corrected chi connectivity index (χ4v) is 1.36. The van der Waals surface area contributed by atoms with Crippen molar-refractivity contribution in [2.75, 3.05) is 18.5 Å². The lowest BCUT2D eigenvalue weighted by Crippen LogP contribution is -2.30. The van der Waals surface area contributed by atoms with Gasteiger partial charge in [-0.1, -0.05) is 12.8 Å². The van der Waals surface area contributed by atoms with E-state index in [9.17, 15) is 9.59 Å². The number of nitrogen functional groups attached to an aromatic ring is 1. The van der Waals surface area contributed by atoms with E-state index in [2.05, 4.69) is 17.6 Å². The fourth-order valence-electron chi connectivity index (χ4n) is 1.25. The van der Waals surface area contributed by atoms with Crippen molar-refractivity contribution in [2.45, 2.75) is 0 Å². The molecule has 1 rings (SSSR count). The number of carbonyl (C=O) groups is 2. The van der Waals surface area contributed by atoms with Crippen LogP contribution in [0.1, 0.15) is 20.7 Å². The van der Waals surface area contributed by atoms with E-state index in [-0.39, 0.29) is 11.1 Å². The number of nitrogens with one attached hydrogen (secondary N) is 1. The van der Waals surface area contributed by atoms with Gasteiger partial charge in [-0.25, -0.2) is 10.6 Å². The molecule has 0 aliphatic heterocycles. The van der Waals surface area contributed by atoms with Crippen LogP contribution in [-0.2, 0) is 4.74 Å². The van der Waals surface area contributed by atoms with Crippen LogP contribution in [0.2, 0.25) is 0 Å². The van der Waals surface area contributed by atoms with Crippen LogP contribution in [0, 0.1) is 0 Å². The fraction of sp³-hybridized carbons (Fsp3) is 0.200. The normalized spacial score (nSPS) is 9.65. The van der Waals surface area contributed by atoms with E-state index in [4.69, 9.17) is 5.84 Å². The summed E-state index contributed by atoms with van der Waals surface area (Å²) in [5.74, 6) is 4.01. The zero-order valence-electron chi connectivity index (χ0n) is 9.43. The molecule has 1 amide bonds. The van der Waals surface area contributed by atoms with Gasteiger partial charge in [0.1, 0.15) is 0 Å². The molecular weight excluding hydrogens is 242 g/mol. The Labute approximate surface area is 104 Å².